The lowest BCUT2D eigenvalue weighted by Crippen LogP contribution is -2.48. The molecule has 0 amide bonds. The van der Waals surface area contributed by atoms with Gasteiger partial charge in [-0.1, -0.05) is 6.07 Å². The van der Waals surface area contributed by atoms with Crippen molar-refractivity contribution in [3.8, 4) is 6.07 Å². The molecule has 0 aliphatic carbocycles. The minimum atomic E-state index is 0.183. The SMILES string of the molecule is C[N+](C)(N)c1cccc(N2CCC(C#N)CC2)c1N. The Hall–Kier alpha value is -1.77. The molecule has 1 heterocycles. The fourth-order valence-corrected chi connectivity index (χ4v) is 2.57. The van der Waals surface area contributed by atoms with Crippen LogP contribution in [0.4, 0.5) is 17.1 Å². The number of quaternary nitrogens is 1. The van der Waals surface area contributed by atoms with E-state index in [1.165, 1.54) is 0 Å². The molecule has 0 bridgehead atoms. The van der Waals surface area contributed by atoms with Gasteiger partial charge in [-0.3, -0.25) is 0 Å². The topological polar surface area (TPSA) is 79.1 Å². The summed E-state index contributed by atoms with van der Waals surface area (Å²) >= 11 is 0. The number of benzene rings is 1. The van der Waals surface area contributed by atoms with Gasteiger partial charge in [0.25, 0.3) is 0 Å². The molecule has 0 atom stereocenters. The van der Waals surface area contributed by atoms with Crippen LogP contribution in [0.5, 0.6) is 0 Å². The van der Waals surface area contributed by atoms with Gasteiger partial charge >= 0.3 is 0 Å². The minimum absolute atomic E-state index is 0.183. The number of nitrogen functional groups attached to an aromatic ring is 1. The van der Waals surface area contributed by atoms with E-state index in [1.807, 2.05) is 32.3 Å². The van der Waals surface area contributed by atoms with E-state index in [9.17, 15) is 0 Å². The lowest BCUT2D eigenvalue weighted by molar-refractivity contribution is 0.420. The first-order valence-electron chi connectivity index (χ1n) is 6.59. The molecule has 102 valence electrons. The number of rotatable bonds is 2. The van der Waals surface area contributed by atoms with Crippen molar-refractivity contribution in [3.05, 3.63) is 18.2 Å². The molecule has 1 aromatic rings. The zero-order valence-corrected chi connectivity index (χ0v) is 11.6. The van der Waals surface area contributed by atoms with Crippen molar-refractivity contribution in [2.45, 2.75) is 12.8 Å². The lowest BCUT2D eigenvalue weighted by atomic mass is 9.98. The number of anilines is 2. The van der Waals surface area contributed by atoms with E-state index in [0.29, 0.717) is 0 Å². The van der Waals surface area contributed by atoms with Crippen molar-refractivity contribution in [1.29, 1.82) is 5.26 Å². The van der Waals surface area contributed by atoms with E-state index in [4.69, 9.17) is 16.8 Å². The average Bonchev–Trinajstić information content (AvgIpc) is 2.38. The van der Waals surface area contributed by atoms with E-state index in [2.05, 4.69) is 11.0 Å². The van der Waals surface area contributed by atoms with Crippen molar-refractivity contribution in [2.24, 2.45) is 11.8 Å². The van der Waals surface area contributed by atoms with Crippen LogP contribution in [0.3, 0.4) is 0 Å². The summed E-state index contributed by atoms with van der Waals surface area (Å²) in [7, 11) is 3.80. The third kappa shape index (κ3) is 2.80. The summed E-state index contributed by atoms with van der Waals surface area (Å²) in [6, 6.07) is 8.32. The van der Waals surface area contributed by atoms with Gasteiger partial charge in [-0.05, 0) is 18.9 Å². The highest BCUT2D eigenvalue weighted by Gasteiger charge is 2.24. The Kier molecular flexibility index (Phi) is 3.65. The predicted octanol–water partition coefficient (Wildman–Crippen LogP) is 1.45. The molecule has 4 N–H and O–H groups in total. The van der Waals surface area contributed by atoms with Crippen molar-refractivity contribution < 1.29 is 0 Å². The number of hydrogen-bond acceptors (Lipinski definition) is 4. The van der Waals surface area contributed by atoms with E-state index in [0.717, 1.165) is 43.0 Å². The summed E-state index contributed by atoms with van der Waals surface area (Å²) in [5, 5.41) is 8.94. The number of piperidine rings is 1. The summed E-state index contributed by atoms with van der Waals surface area (Å²) in [4.78, 5) is 2.25. The Labute approximate surface area is 114 Å². The fourth-order valence-electron chi connectivity index (χ4n) is 2.57. The molecule has 0 saturated carbocycles. The summed E-state index contributed by atoms with van der Waals surface area (Å²) in [6.45, 7) is 1.76. The highest BCUT2D eigenvalue weighted by molar-refractivity contribution is 5.80. The van der Waals surface area contributed by atoms with Gasteiger partial charge in [0, 0.05) is 25.1 Å². The van der Waals surface area contributed by atoms with Crippen molar-refractivity contribution in [3.63, 3.8) is 0 Å². The first kappa shape index (κ1) is 13.7. The number of para-hydroxylation sites is 1. The molecular formula is C14H22N5+. The highest BCUT2D eigenvalue weighted by atomic mass is 15.5. The van der Waals surface area contributed by atoms with Crippen LogP contribution in [0.15, 0.2) is 18.2 Å². The number of hydrogen-bond donors (Lipinski definition) is 2. The van der Waals surface area contributed by atoms with Crippen LogP contribution < -0.4 is 21.1 Å². The summed E-state index contributed by atoms with van der Waals surface area (Å²) in [6.07, 6.45) is 1.81. The molecule has 1 aromatic carbocycles. The van der Waals surface area contributed by atoms with Crippen LogP contribution in [0.25, 0.3) is 0 Å². The van der Waals surface area contributed by atoms with Crippen molar-refractivity contribution in [2.75, 3.05) is 37.8 Å². The molecule has 2 rings (SSSR count). The van der Waals surface area contributed by atoms with E-state index in [1.54, 1.807) is 0 Å². The maximum atomic E-state index is 8.94. The molecule has 0 unspecified atom stereocenters. The van der Waals surface area contributed by atoms with Gasteiger partial charge in [0.15, 0.2) is 5.69 Å². The second kappa shape index (κ2) is 5.08. The number of nitriles is 1. The molecule has 0 aromatic heterocycles. The van der Waals surface area contributed by atoms with E-state index in [-0.39, 0.29) is 10.5 Å². The monoisotopic (exact) mass is 260 g/mol. The summed E-state index contributed by atoms with van der Waals surface area (Å²) in [5.41, 5.74) is 8.96. The van der Waals surface area contributed by atoms with Gasteiger partial charge in [-0.2, -0.15) is 11.1 Å². The number of nitrogens with zero attached hydrogens (tertiary/aromatic N) is 3. The lowest BCUT2D eigenvalue weighted by Gasteiger charge is -2.33. The molecule has 0 spiro atoms. The first-order valence-corrected chi connectivity index (χ1v) is 6.59. The Morgan fingerprint density at radius 2 is 1.95 bits per heavy atom. The maximum absolute atomic E-state index is 8.94. The molecule has 1 aliphatic heterocycles. The normalized spacial score (nSPS) is 17.3. The van der Waals surface area contributed by atoms with Gasteiger partial charge in [-0.25, -0.2) is 4.59 Å². The van der Waals surface area contributed by atoms with Gasteiger partial charge in [0.2, 0.25) is 0 Å². The van der Waals surface area contributed by atoms with Crippen LogP contribution in [0.1, 0.15) is 12.8 Å². The predicted molar refractivity (Wildman–Crippen MR) is 79.2 cm³/mol. The summed E-state index contributed by atoms with van der Waals surface area (Å²) in [5.74, 6) is 6.28. The van der Waals surface area contributed by atoms with Crippen molar-refractivity contribution >= 4 is 17.1 Å². The van der Waals surface area contributed by atoms with Gasteiger partial charge < -0.3 is 10.6 Å². The molecule has 5 nitrogen and oxygen atoms in total. The Morgan fingerprint density at radius 1 is 1.32 bits per heavy atom. The molecule has 5 heteroatoms. The second-order valence-corrected chi connectivity index (χ2v) is 5.64. The van der Waals surface area contributed by atoms with Gasteiger partial charge in [0.05, 0.1) is 25.9 Å². The standard InChI is InChI=1S/C14H22N5/c1-19(2,17)13-5-3-4-12(14(13)16)18-8-6-11(10-15)7-9-18/h3-5,11H,6-9,16-17H2,1-2H3/q+1. The van der Waals surface area contributed by atoms with E-state index < -0.39 is 0 Å². The van der Waals surface area contributed by atoms with Crippen molar-refractivity contribution in [1.82, 2.24) is 4.59 Å². The molecule has 1 saturated heterocycles. The molecule has 1 fully saturated rings. The molecular weight excluding hydrogens is 238 g/mol. The van der Waals surface area contributed by atoms with E-state index >= 15 is 0 Å². The summed E-state index contributed by atoms with van der Waals surface area (Å²) < 4.78 is 0.217. The highest BCUT2D eigenvalue weighted by Crippen LogP contribution is 2.35. The quantitative estimate of drug-likeness (QED) is 0.365. The second-order valence-electron chi connectivity index (χ2n) is 5.64. The Bertz CT molecular complexity index is 490. The average molecular weight is 260 g/mol. The maximum Gasteiger partial charge on any atom is 0.176 e. The van der Waals surface area contributed by atoms with Crippen LogP contribution in [0, 0.1) is 17.2 Å². The van der Waals surface area contributed by atoms with Crippen LogP contribution in [0.2, 0.25) is 0 Å². The third-order valence-electron chi connectivity index (χ3n) is 3.70. The molecule has 0 radical (unpaired) electrons. The van der Waals surface area contributed by atoms with Crippen LogP contribution in [-0.2, 0) is 0 Å². The smallest absolute Gasteiger partial charge is 0.176 e. The van der Waals surface area contributed by atoms with Gasteiger partial charge in [-0.15, -0.1) is 0 Å². The largest absolute Gasteiger partial charge is 0.392 e. The van der Waals surface area contributed by atoms with Crippen LogP contribution in [-0.4, -0.2) is 27.2 Å². The van der Waals surface area contributed by atoms with Gasteiger partial charge in [0.1, 0.15) is 5.69 Å². The number of nitrogens with two attached hydrogens (primary N) is 2. The first-order chi connectivity index (χ1) is 8.93. The molecule has 1 aliphatic rings. The third-order valence-corrected chi connectivity index (χ3v) is 3.70. The zero-order valence-electron chi connectivity index (χ0n) is 11.6. The Morgan fingerprint density at radius 3 is 2.47 bits per heavy atom. The fraction of sp³-hybridized carbons (Fsp3) is 0.500. The minimum Gasteiger partial charge on any atom is -0.392 e. The van der Waals surface area contributed by atoms with Crippen LogP contribution >= 0.6 is 0 Å². The molecule has 19 heavy (non-hydrogen) atoms. The zero-order chi connectivity index (χ0) is 14.0. The Balaban J connectivity index is 2.25.